The maximum Gasteiger partial charge on any atom is 0.299 e. The number of hydrogen-bond donors (Lipinski definition) is 2. The molecule has 0 fully saturated rings. The fraction of sp³-hybridized carbons (Fsp3) is 0.0769. The van der Waals surface area contributed by atoms with Crippen LogP contribution in [0.3, 0.4) is 0 Å². The Kier molecular flexibility index (Phi) is 4.64. The molecule has 24 heavy (non-hydrogen) atoms. The number of nitrogens with one attached hydrogen (secondary N) is 2. The van der Waals surface area contributed by atoms with Crippen LogP contribution in [0.2, 0.25) is 0 Å². The van der Waals surface area contributed by atoms with Crippen molar-refractivity contribution in [3.8, 4) is 0 Å². The van der Waals surface area contributed by atoms with Crippen LogP contribution < -0.4 is 10.0 Å². The van der Waals surface area contributed by atoms with Gasteiger partial charge in [0.15, 0.2) is 0 Å². The molecule has 126 valence electrons. The van der Waals surface area contributed by atoms with E-state index in [0.717, 1.165) is 18.4 Å². The third-order valence-electron chi connectivity index (χ3n) is 2.86. The Morgan fingerprint density at radius 2 is 1.50 bits per heavy atom. The zero-order chi connectivity index (χ0) is 17.9. The zero-order valence-electron chi connectivity index (χ0n) is 12.3. The number of hydrogen-bond acceptors (Lipinski definition) is 7. The summed E-state index contributed by atoms with van der Waals surface area (Å²) in [4.78, 5) is 20.3. The summed E-state index contributed by atoms with van der Waals surface area (Å²) in [5, 5.41) is 24.5. The van der Waals surface area contributed by atoms with Crippen LogP contribution in [-0.2, 0) is 10.0 Å². The number of non-ortho nitro benzene ring substituents is 1. The molecule has 0 aliphatic heterocycles. The number of nitro benzene ring substituents is 2. The Labute approximate surface area is 136 Å². The Morgan fingerprint density at radius 3 is 2.00 bits per heavy atom. The van der Waals surface area contributed by atoms with Gasteiger partial charge in [0.25, 0.3) is 11.4 Å². The van der Waals surface area contributed by atoms with E-state index in [0.29, 0.717) is 11.4 Å². The molecule has 11 heteroatoms. The van der Waals surface area contributed by atoms with Crippen LogP contribution in [0.25, 0.3) is 0 Å². The summed E-state index contributed by atoms with van der Waals surface area (Å²) < 4.78 is 24.5. The third-order valence-corrected chi connectivity index (χ3v) is 3.46. The lowest BCUT2D eigenvalue weighted by molar-refractivity contribution is -0.393. The van der Waals surface area contributed by atoms with Crippen molar-refractivity contribution < 1.29 is 18.3 Å². The van der Waals surface area contributed by atoms with Gasteiger partial charge in [0.2, 0.25) is 10.0 Å². The van der Waals surface area contributed by atoms with Crippen molar-refractivity contribution >= 4 is 38.5 Å². The standard InChI is InChI=1S/C13H12N4O6S/c1-24(22,23)15-10-4-2-9(3-5-10)14-12-7-6-11(16(18)19)8-13(12)17(20)21/h2-8,14-15H,1H3. The van der Waals surface area contributed by atoms with Crippen LogP contribution in [0.15, 0.2) is 42.5 Å². The van der Waals surface area contributed by atoms with E-state index in [1.54, 1.807) is 0 Å². The van der Waals surface area contributed by atoms with Crippen molar-refractivity contribution in [2.24, 2.45) is 0 Å². The number of nitrogens with zero attached hydrogens (tertiary/aromatic N) is 2. The van der Waals surface area contributed by atoms with Crippen LogP contribution in [0, 0.1) is 20.2 Å². The first-order chi connectivity index (χ1) is 11.2. The molecule has 10 nitrogen and oxygen atoms in total. The summed E-state index contributed by atoms with van der Waals surface area (Å²) in [6, 6.07) is 9.22. The highest BCUT2D eigenvalue weighted by molar-refractivity contribution is 7.92. The molecule has 0 saturated carbocycles. The van der Waals surface area contributed by atoms with Gasteiger partial charge in [-0.2, -0.15) is 0 Å². The highest BCUT2D eigenvalue weighted by Crippen LogP contribution is 2.31. The predicted molar refractivity (Wildman–Crippen MR) is 87.9 cm³/mol. The highest BCUT2D eigenvalue weighted by Gasteiger charge is 2.19. The number of anilines is 3. The summed E-state index contributed by atoms with van der Waals surface area (Å²) in [5.74, 6) is 0. The van der Waals surface area contributed by atoms with Crippen LogP contribution in [0.4, 0.5) is 28.4 Å². The molecule has 2 rings (SSSR count). The van der Waals surface area contributed by atoms with Crippen LogP contribution >= 0.6 is 0 Å². The maximum absolute atomic E-state index is 11.1. The highest BCUT2D eigenvalue weighted by atomic mass is 32.2. The third kappa shape index (κ3) is 4.39. The van der Waals surface area contributed by atoms with Gasteiger partial charge in [-0.05, 0) is 30.3 Å². The molecule has 0 unspecified atom stereocenters. The van der Waals surface area contributed by atoms with Gasteiger partial charge in [-0.3, -0.25) is 25.0 Å². The topological polar surface area (TPSA) is 144 Å². The summed E-state index contributed by atoms with van der Waals surface area (Å²) in [5.41, 5.74) is 0.0316. The van der Waals surface area contributed by atoms with Crippen molar-refractivity contribution in [1.82, 2.24) is 0 Å². The quantitative estimate of drug-likeness (QED) is 0.600. The van der Waals surface area contributed by atoms with Gasteiger partial charge >= 0.3 is 0 Å². The van der Waals surface area contributed by atoms with Crippen LogP contribution in [0.5, 0.6) is 0 Å². The fourth-order valence-electron chi connectivity index (χ4n) is 1.88. The normalized spacial score (nSPS) is 10.9. The molecule has 0 aromatic heterocycles. The van der Waals surface area contributed by atoms with E-state index in [2.05, 4.69) is 10.0 Å². The SMILES string of the molecule is CS(=O)(=O)Nc1ccc(Nc2ccc([N+](=O)[O-])cc2[N+](=O)[O-])cc1. The first kappa shape index (κ1) is 17.1. The average molecular weight is 352 g/mol. The van der Waals surface area contributed by atoms with Gasteiger partial charge in [-0.25, -0.2) is 8.42 Å². The van der Waals surface area contributed by atoms with E-state index < -0.39 is 25.6 Å². The van der Waals surface area contributed by atoms with Crippen molar-refractivity contribution in [1.29, 1.82) is 0 Å². The molecule has 0 amide bonds. The lowest BCUT2D eigenvalue weighted by Gasteiger charge is -2.08. The number of nitro groups is 2. The summed E-state index contributed by atoms with van der Waals surface area (Å²) in [6.45, 7) is 0. The van der Waals surface area contributed by atoms with E-state index in [1.807, 2.05) is 0 Å². The van der Waals surface area contributed by atoms with Gasteiger partial charge in [-0.15, -0.1) is 0 Å². The molecule has 0 radical (unpaired) electrons. The minimum atomic E-state index is -3.40. The Bertz CT molecular complexity index is 895. The average Bonchev–Trinajstić information content (AvgIpc) is 2.47. The Hall–Kier alpha value is -3.21. The number of sulfonamides is 1. The molecule has 0 aliphatic rings. The smallest absolute Gasteiger partial charge is 0.299 e. The minimum Gasteiger partial charge on any atom is -0.350 e. The maximum atomic E-state index is 11.1. The first-order valence-corrected chi connectivity index (χ1v) is 8.32. The second-order valence-corrected chi connectivity index (χ2v) is 6.54. The molecule has 0 spiro atoms. The van der Waals surface area contributed by atoms with Crippen LogP contribution in [-0.4, -0.2) is 24.5 Å². The van der Waals surface area contributed by atoms with Gasteiger partial charge in [0, 0.05) is 17.4 Å². The molecule has 0 bridgehead atoms. The second-order valence-electron chi connectivity index (χ2n) is 4.79. The summed E-state index contributed by atoms with van der Waals surface area (Å²) in [7, 11) is -3.40. The van der Waals surface area contributed by atoms with Gasteiger partial charge < -0.3 is 5.32 Å². The molecule has 2 aromatic rings. The monoisotopic (exact) mass is 352 g/mol. The van der Waals surface area contributed by atoms with E-state index in [9.17, 15) is 28.6 Å². The van der Waals surface area contributed by atoms with E-state index in [-0.39, 0.29) is 11.4 Å². The molecule has 2 aromatic carbocycles. The molecule has 0 aliphatic carbocycles. The molecular weight excluding hydrogens is 340 g/mol. The van der Waals surface area contributed by atoms with Crippen molar-refractivity contribution in [2.45, 2.75) is 0 Å². The van der Waals surface area contributed by atoms with Gasteiger partial charge in [-0.1, -0.05) is 0 Å². The summed E-state index contributed by atoms with van der Waals surface area (Å²) in [6.07, 6.45) is 1.01. The zero-order valence-corrected chi connectivity index (χ0v) is 13.1. The lowest BCUT2D eigenvalue weighted by atomic mass is 10.2. The molecule has 0 heterocycles. The number of rotatable bonds is 6. The van der Waals surface area contributed by atoms with E-state index >= 15 is 0 Å². The summed E-state index contributed by atoms with van der Waals surface area (Å²) >= 11 is 0. The molecule has 0 saturated heterocycles. The largest absolute Gasteiger partial charge is 0.350 e. The predicted octanol–water partition coefficient (Wildman–Crippen LogP) is 2.62. The van der Waals surface area contributed by atoms with Gasteiger partial charge in [0.05, 0.1) is 22.2 Å². The van der Waals surface area contributed by atoms with Gasteiger partial charge in [0.1, 0.15) is 5.69 Å². The molecule has 2 N–H and O–H groups in total. The van der Waals surface area contributed by atoms with Crippen molar-refractivity contribution in [3.05, 3.63) is 62.7 Å². The Balaban J connectivity index is 2.27. The van der Waals surface area contributed by atoms with E-state index in [1.165, 1.54) is 30.3 Å². The fourth-order valence-corrected chi connectivity index (χ4v) is 2.45. The Morgan fingerprint density at radius 1 is 0.917 bits per heavy atom. The first-order valence-electron chi connectivity index (χ1n) is 6.43. The van der Waals surface area contributed by atoms with Crippen molar-refractivity contribution in [3.63, 3.8) is 0 Å². The lowest BCUT2D eigenvalue weighted by Crippen LogP contribution is -2.09. The number of benzene rings is 2. The molecular formula is C13H12N4O6S. The molecule has 0 atom stereocenters. The second kappa shape index (κ2) is 6.50. The van der Waals surface area contributed by atoms with Crippen LogP contribution in [0.1, 0.15) is 0 Å². The minimum absolute atomic E-state index is 0.0782. The van der Waals surface area contributed by atoms with E-state index in [4.69, 9.17) is 0 Å². The van der Waals surface area contributed by atoms with Crippen molar-refractivity contribution in [2.75, 3.05) is 16.3 Å².